The van der Waals surface area contributed by atoms with Crippen molar-refractivity contribution >= 4 is 11.6 Å². The molecule has 0 aliphatic carbocycles. The second-order valence-electron chi connectivity index (χ2n) is 3.81. The summed E-state index contributed by atoms with van der Waals surface area (Å²) in [6.45, 7) is 1.89. The Labute approximate surface area is 82.8 Å². The van der Waals surface area contributed by atoms with Gasteiger partial charge in [-0.25, -0.2) is 0 Å². The van der Waals surface area contributed by atoms with Gasteiger partial charge in [0.25, 0.3) is 0 Å². The highest BCUT2D eigenvalue weighted by Gasteiger charge is 2.41. The minimum atomic E-state index is -0.564. The number of aliphatic hydroxyl groups excluding tert-OH is 1. The van der Waals surface area contributed by atoms with Gasteiger partial charge in [0.2, 0.25) is 5.91 Å². The molecule has 1 aromatic carbocycles. The van der Waals surface area contributed by atoms with Gasteiger partial charge >= 0.3 is 0 Å². The molecular weight excluding hydrogens is 178 g/mol. The highest BCUT2D eigenvalue weighted by molar-refractivity contribution is 6.05. The van der Waals surface area contributed by atoms with Crippen molar-refractivity contribution < 1.29 is 9.90 Å². The Morgan fingerprint density at radius 3 is 2.86 bits per heavy atom. The van der Waals surface area contributed by atoms with E-state index >= 15 is 0 Å². The topological polar surface area (TPSA) is 49.3 Å². The van der Waals surface area contributed by atoms with Gasteiger partial charge in [-0.15, -0.1) is 0 Å². The minimum Gasteiger partial charge on any atom is -0.396 e. The maximum absolute atomic E-state index is 11.7. The molecule has 3 heteroatoms. The average molecular weight is 191 g/mol. The third-order valence-electron chi connectivity index (χ3n) is 2.88. The predicted molar refractivity (Wildman–Crippen MR) is 54.1 cm³/mol. The molecule has 2 rings (SSSR count). The first-order chi connectivity index (χ1) is 6.68. The van der Waals surface area contributed by atoms with Gasteiger partial charge in [-0.2, -0.15) is 0 Å². The zero-order chi connectivity index (χ0) is 10.2. The van der Waals surface area contributed by atoms with Crippen molar-refractivity contribution in [3.63, 3.8) is 0 Å². The Morgan fingerprint density at radius 2 is 2.14 bits per heavy atom. The summed E-state index contributed by atoms with van der Waals surface area (Å²) in [6.07, 6.45) is 0.468. The van der Waals surface area contributed by atoms with Crippen molar-refractivity contribution in [2.75, 3.05) is 11.9 Å². The highest BCUT2D eigenvalue weighted by Crippen LogP contribution is 2.39. The van der Waals surface area contributed by atoms with Crippen molar-refractivity contribution in [1.82, 2.24) is 0 Å². The number of hydrogen-bond donors (Lipinski definition) is 2. The van der Waals surface area contributed by atoms with Crippen LogP contribution in [0.4, 0.5) is 5.69 Å². The second kappa shape index (κ2) is 3.10. The van der Waals surface area contributed by atoms with Gasteiger partial charge in [-0.1, -0.05) is 18.2 Å². The van der Waals surface area contributed by atoms with Crippen molar-refractivity contribution in [2.45, 2.75) is 18.8 Å². The van der Waals surface area contributed by atoms with Crippen LogP contribution in [0.1, 0.15) is 18.9 Å². The smallest absolute Gasteiger partial charge is 0.234 e. The van der Waals surface area contributed by atoms with Crippen molar-refractivity contribution in [2.24, 2.45) is 0 Å². The first-order valence-electron chi connectivity index (χ1n) is 4.70. The van der Waals surface area contributed by atoms with Gasteiger partial charge in [-0.05, 0) is 25.0 Å². The molecule has 1 aliphatic heterocycles. The summed E-state index contributed by atoms with van der Waals surface area (Å²) in [4.78, 5) is 11.7. The number of fused-ring (bicyclic) bond motifs is 1. The predicted octanol–water partition coefficient (Wildman–Crippen LogP) is 1.28. The lowest BCUT2D eigenvalue weighted by Crippen LogP contribution is -2.31. The molecule has 0 radical (unpaired) electrons. The Bertz CT molecular complexity index is 375. The summed E-state index contributed by atoms with van der Waals surface area (Å²) >= 11 is 0. The lowest BCUT2D eigenvalue weighted by atomic mass is 9.81. The van der Waals surface area contributed by atoms with Crippen LogP contribution < -0.4 is 5.32 Å². The molecule has 0 fully saturated rings. The summed E-state index contributed by atoms with van der Waals surface area (Å²) in [5.74, 6) is -0.0206. The number of benzene rings is 1. The Kier molecular flexibility index (Phi) is 2.04. The molecule has 1 aliphatic rings. The van der Waals surface area contributed by atoms with E-state index in [0.29, 0.717) is 6.42 Å². The van der Waals surface area contributed by atoms with E-state index in [1.807, 2.05) is 31.2 Å². The molecule has 0 spiro atoms. The van der Waals surface area contributed by atoms with E-state index in [1.165, 1.54) is 0 Å². The van der Waals surface area contributed by atoms with Crippen LogP contribution in [0.5, 0.6) is 0 Å². The van der Waals surface area contributed by atoms with Gasteiger partial charge in [0, 0.05) is 12.3 Å². The van der Waals surface area contributed by atoms with Gasteiger partial charge < -0.3 is 10.4 Å². The fraction of sp³-hybridized carbons (Fsp3) is 0.364. The van der Waals surface area contributed by atoms with E-state index in [1.54, 1.807) is 0 Å². The van der Waals surface area contributed by atoms with Crippen molar-refractivity contribution in [3.05, 3.63) is 29.8 Å². The molecule has 1 aromatic rings. The first-order valence-corrected chi connectivity index (χ1v) is 4.70. The number of carbonyl (C=O) groups is 1. The van der Waals surface area contributed by atoms with Gasteiger partial charge in [0.05, 0.1) is 5.41 Å². The Morgan fingerprint density at radius 1 is 1.43 bits per heavy atom. The van der Waals surface area contributed by atoms with Crippen LogP contribution in [0, 0.1) is 0 Å². The maximum atomic E-state index is 11.7. The number of aliphatic hydroxyl groups is 1. The zero-order valence-electron chi connectivity index (χ0n) is 8.08. The highest BCUT2D eigenvalue weighted by atomic mass is 16.3. The quantitative estimate of drug-likeness (QED) is 0.739. The Balaban J connectivity index is 2.48. The van der Waals surface area contributed by atoms with Crippen LogP contribution >= 0.6 is 0 Å². The number of para-hydroxylation sites is 1. The van der Waals surface area contributed by atoms with Crippen LogP contribution in [0.25, 0.3) is 0 Å². The third-order valence-corrected chi connectivity index (χ3v) is 2.88. The largest absolute Gasteiger partial charge is 0.396 e. The number of hydrogen-bond acceptors (Lipinski definition) is 2. The molecule has 1 unspecified atom stereocenters. The summed E-state index contributed by atoms with van der Waals surface area (Å²) in [5, 5.41) is 11.8. The number of carbonyl (C=O) groups excluding carboxylic acids is 1. The number of nitrogens with one attached hydrogen (secondary N) is 1. The zero-order valence-corrected chi connectivity index (χ0v) is 8.08. The van der Waals surface area contributed by atoms with Gasteiger partial charge in [0.15, 0.2) is 0 Å². The lowest BCUT2D eigenvalue weighted by Gasteiger charge is -2.20. The van der Waals surface area contributed by atoms with E-state index in [4.69, 9.17) is 5.11 Å². The summed E-state index contributed by atoms with van der Waals surface area (Å²) < 4.78 is 0. The third kappa shape index (κ3) is 1.13. The van der Waals surface area contributed by atoms with E-state index in [-0.39, 0.29) is 12.5 Å². The van der Waals surface area contributed by atoms with E-state index in [9.17, 15) is 4.79 Å². The van der Waals surface area contributed by atoms with Crippen molar-refractivity contribution in [3.8, 4) is 0 Å². The normalized spacial score (nSPS) is 24.6. The summed E-state index contributed by atoms with van der Waals surface area (Å²) in [6, 6.07) is 7.62. The molecule has 1 atom stereocenters. The van der Waals surface area contributed by atoms with Gasteiger partial charge in [-0.3, -0.25) is 4.79 Å². The standard InChI is InChI=1S/C11H13NO2/c1-11(6-7-13)8-4-2-3-5-9(8)12-10(11)14/h2-5,13H,6-7H2,1H3,(H,12,14). The molecule has 0 aromatic heterocycles. The minimum absolute atomic E-state index is 0.0206. The van der Waals surface area contributed by atoms with E-state index in [0.717, 1.165) is 11.3 Å². The molecular formula is C11H13NO2. The summed E-state index contributed by atoms with van der Waals surface area (Å²) in [5.41, 5.74) is 1.29. The number of anilines is 1. The SMILES string of the molecule is CC1(CCO)C(=O)Nc2ccccc21. The Hall–Kier alpha value is -1.35. The van der Waals surface area contributed by atoms with Crippen molar-refractivity contribution in [1.29, 1.82) is 0 Å². The second-order valence-corrected chi connectivity index (χ2v) is 3.81. The summed E-state index contributed by atoms with van der Waals surface area (Å²) in [7, 11) is 0. The molecule has 74 valence electrons. The number of amides is 1. The first kappa shape index (κ1) is 9.21. The molecule has 14 heavy (non-hydrogen) atoms. The molecule has 0 saturated carbocycles. The van der Waals surface area contributed by atoms with Crippen LogP contribution in [-0.2, 0) is 10.2 Å². The number of rotatable bonds is 2. The molecule has 0 saturated heterocycles. The molecule has 1 heterocycles. The van der Waals surface area contributed by atoms with Crippen LogP contribution in [0.2, 0.25) is 0 Å². The van der Waals surface area contributed by atoms with E-state index in [2.05, 4.69) is 5.32 Å². The van der Waals surface area contributed by atoms with E-state index < -0.39 is 5.41 Å². The average Bonchev–Trinajstić information content (AvgIpc) is 2.41. The van der Waals surface area contributed by atoms with Crippen LogP contribution in [0.3, 0.4) is 0 Å². The van der Waals surface area contributed by atoms with Crippen LogP contribution in [-0.4, -0.2) is 17.6 Å². The maximum Gasteiger partial charge on any atom is 0.234 e. The molecule has 0 bridgehead atoms. The lowest BCUT2D eigenvalue weighted by molar-refractivity contribution is -0.120. The monoisotopic (exact) mass is 191 g/mol. The molecule has 1 amide bonds. The fourth-order valence-electron chi connectivity index (χ4n) is 1.93. The fourth-order valence-corrected chi connectivity index (χ4v) is 1.93. The van der Waals surface area contributed by atoms with Crippen LogP contribution in [0.15, 0.2) is 24.3 Å². The molecule has 2 N–H and O–H groups in total. The molecule has 3 nitrogen and oxygen atoms in total. The van der Waals surface area contributed by atoms with Gasteiger partial charge in [0.1, 0.15) is 0 Å².